The van der Waals surface area contributed by atoms with Gasteiger partial charge in [-0.2, -0.15) is 5.10 Å². The first-order valence-corrected chi connectivity index (χ1v) is 17.5. The van der Waals surface area contributed by atoms with E-state index in [-0.39, 0.29) is 17.3 Å². The number of hydrogen-bond acceptors (Lipinski definition) is 7. The summed E-state index contributed by atoms with van der Waals surface area (Å²) in [7, 11) is 0. The van der Waals surface area contributed by atoms with Gasteiger partial charge in [-0.3, -0.25) is 9.89 Å². The van der Waals surface area contributed by atoms with Gasteiger partial charge in [0.15, 0.2) is 11.6 Å². The van der Waals surface area contributed by atoms with Crippen molar-refractivity contribution in [2.75, 3.05) is 38.1 Å². The number of rotatable bonds is 12. The van der Waals surface area contributed by atoms with Crippen LogP contribution in [-0.2, 0) is 5.54 Å². The number of aromatic nitrogens is 3. The number of H-pyrrole nitrogens is 1. The summed E-state index contributed by atoms with van der Waals surface area (Å²) in [5.74, 6) is 1.92. The second-order valence-electron chi connectivity index (χ2n) is 13.1. The molecule has 11 heteroatoms. The SMILES string of the molecule is CCCCCCCC1CNCCC1c1nc(C2(Nc3cccc(C(=O)N[C@H]4CCOc5c(Cl)cccc54)c3F)CCNCC2)n[nH]1. The number of aromatic amines is 1. The maximum atomic E-state index is 16.2. The van der Waals surface area contributed by atoms with Gasteiger partial charge in [0, 0.05) is 17.9 Å². The molecule has 0 bridgehead atoms. The molecule has 0 radical (unpaired) electrons. The number of unbranched alkanes of at least 4 members (excludes halogenated alkanes) is 4. The lowest BCUT2D eigenvalue weighted by molar-refractivity contribution is 0.0920. The van der Waals surface area contributed by atoms with Gasteiger partial charge in [0.1, 0.15) is 17.1 Å². The molecule has 3 aliphatic heterocycles. The van der Waals surface area contributed by atoms with Crippen LogP contribution in [-0.4, -0.2) is 53.9 Å². The molecular weight excluding hydrogens is 605 g/mol. The van der Waals surface area contributed by atoms with Gasteiger partial charge < -0.3 is 26.0 Å². The lowest BCUT2D eigenvalue weighted by Crippen LogP contribution is -2.46. The first-order chi connectivity index (χ1) is 22.5. The first-order valence-electron chi connectivity index (χ1n) is 17.1. The van der Waals surface area contributed by atoms with Crippen LogP contribution in [0.3, 0.4) is 0 Å². The van der Waals surface area contributed by atoms with Gasteiger partial charge >= 0.3 is 0 Å². The number of ether oxygens (including phenoxy) is 1. The molecule has 2 aromatic carbocycles. The minimum Gasteiger partial charge on any atom is -0.492 e. The number of para-hydroxylation sites is 1. The highest BCUT2D eigenvalue weighted by atomic mass is 35.5. The zero-order chi connectivity index (χ0) is 31.9. The van der Waals surface area contributed by atoms with E-state index < -0.39 is 17.3 Å². The first kappa shape index (κ1) is 32.7. The van der Waals surface area contributed by atoms with Crippen LogP contribution in [0.2, 0.25) is 5.02 Å². The molecule has 5 N–H and O–H groups in total. The van der Waals surface area contributed by atoms with Crippen LogP contribution in [0.15, 0.2) is 36.4 Å². The highest BCUT2D eigenvalue weighted by molar-refractivity contribution is 6.32. The van der Waals surface area contributed by atoms with Crippen LogP contribution in [0.25, 0.3) is 0 Å². The van der Waals surface area contributed by atoms with E-state index in [0.29, 0.717) is 54.3 Å². The van der Waals surface area contributed by atoms with Gasteiger partial charge in [-0.15, -0.1) is 0 Å². The number of halogens is 2. The summed E-state index contributed by atoms with van der Waals surface area (Å²) in [5, 5.41) is 22.1. The largest absolute Gasteiger partial charge is 0.492 e. The summed E-state index contributed by atoms with van der Waals surface area (Å²) in [6, 6.07) is 10.1. The Bertz CT molecular complexity index is 1480. The number of hydrogen-bond donors (Lipinski definition) is 5. The Morgan fingerprint density at radius 2 is 1.89 bits per heavy atom. The Hall–Kier alpha value is -3.21. The molecule has 0 spiro atoms. The van der Waals surface area contributed by atoms with E-state index in [1.54, 1.807) is 18.2 Å². The third kappa shape index (κ3) is 7.19. The summed E-state index contributed by atoms with van der Waals surface area (Å²) in [5.41, 5.74) is 0.373. The Balaban J connectivity index is 1.19. The molecule has 3 aliphatic rings. The monoisotopic (exact) mass is 651 g/mol. The molecule has 0 aliphatic carbocycles. The molecule has 0 saturated carbocycles. The van der Waals surface area contributed by atoms with Crippen molar-refractivity contribution in [3.8, 4) is 5.75 Å². The van der Waals surface area contributed by atoms with Crippen molar-refractivity contribution in [2.45, 2.75) is 88.6 Å². The van der Waals surface area contributed by atoms with Crippen molar-refractivity contribution >= 4 is 23.2 Å². The predicted octanol–water partition coefficient (Wildman–Crippen LogP) is 6.60. The summed E-state index contributed by atoms with van der Waals surface area (Å²) in [4.78, 5) is 18.6. The van der Waals surface area contributed by atoms with Crippen molar-refractivity contribution in [1.29, 1.82) is 0 Å². The fourth-order valence-electron chi connectivity index (χ4n) is 7.34. The molecule has 3 aromatic rings. The second-order valence-corrected chi connectivity index (χ2v) is 13.5. The fourth-order valence-corrected chi connectivity index (χ4v) is 7.58. The number of fused-ring (bicyclic) bond motifs is 1. The van der Waals surface area contributed by atoms with E-state index in [2.05, 4.69) is 33.3 Å². The Morgan fingerprint density at radius 1 is 1.07 bits per heavy atom. The zero-order valence-corrected chi connectivity index (χ0v) is 27.5. The molecule has 1 aromatic heterocycles. The molecule has 46 heavy (non-hydrogen) atoms. The molecule has 2 fully saturated rings. The minimum atomic E-state index is -0.672. The van der Waals surface area contributed by atoms with Crippen LogP contribution < -0.4 is 26.0 Å². The molecule has 9 nitrogen and oxygen atoms in total. The summed E-state index contributed by atoms with van der Waals surface area (Å²) in [6.45, 7) is 6.12. The van der Waals surface area contributed by atoms with Crippen LogP contribution in [0.4, 0.5) is 10.1 Å². The average molecular weight is 652 g/mol. The van der Waals surface area contributed by atoms with Crippen LogP contribution in [0.1, 0.15) is 111 Å². The third-order valence-electron chi connectivity index (χ3n) is 9.97. The Labute approximate surface area is 276 Å². The van der Waals surface area contributed by atoms with Gasteiger partial charge in [-0.05, 0) is 76.0 Å². The molecular formula is C35H47ClFN7O2. The van der Waals surface area contributed by atoms with Crippen LogP contribution in [0.5, 0.6) is 5.75 Å². The van der Waals surface area contributed by atoms with Gasteiger partial charge in [-0.25, -0.2) is 9.37 Å². The van der Waals surface area contributed by atoms with E-state index in [0.717, 1.165) is 44.0 Å². The van der Waals surface area contributed by atoms with E-state index in [9.17, 15) is 4.79 Å². The van der Waals surface area contributed by atoms with Crippen molar-refractivity contribution in [1.82, 2.24) is 31.1 Å². The average Bonchev–Trinajstić information content (AvgIpc) is 3.58. The second kappa shape index (κ2) is 15.1. The molecule has 3 atom stereocenters. The maximum absolute atomic E-state index is 16.2. The van der Waals surface area contributed by atoms with E-state index in [1.165, 1.54) is 44.6 Å². The van der Waals surface area contributed by atoms with Crippen molar-refractivity contribution in [3.63, 3.8) is 0 Å². The topological polar surface area (TPSA) is 116 Å². The standard InChI is InChI=1S/C35H47ClFN7O2/c1-2-3-4-5-6-9-23-22-39-18-14-24(23)32-41-34(44-43-32)35(16-19-38-20-17-35)42-29-13-8-11-26(30(29)37)33(45)40-28-15-21-46-31-25(28)10-7-12-27(31)36/h7-8,10-13,23-24,28,38-39,42H,2-6,9,14-22H2,1H3,(H,40,45)(H,41,43,44)/t23?,24?,28-/m0/s1. The number of benzene rings is 2. The van der Waals surface area contributed by atoms with E-state index >= 15 is 4.39 Å². The quantitative estimate of drug-likeness (QED) is 0.140. The van der Waals surface area contributed by atoms with Gasteiger partial charge in [-0.1, -0.05) is 68.8 Å². The maximum Gasteiger partial charge on any atom is 0.254 e. The van der Waals surface area contributed by atoms with Crippen molar-refractivity contribution in [3.05, 3.63) is 70.0 Å². The number of anilines is 1. The molecule has 2 unspecified atom stereocenters. The minimum absolute atomic E-state index is 0.0173. The molecule has 4 heterocycles. The lowest BCUT2D eigenvalue weighted by atomic mass is 9.82. The van der Waals surface area contributed by atoms with E-state index in [1.807, 2.05) is 12.1 Å². The Kier molecular flexibility index (Phi) is 10.8. The van der Waals surface area contributed by atoms with Gasteiger partial charge in [0.2, 0.25) is 0 Å². The normalized spacial score (nSPS) is 22.5. The highest BCUT2D eigenvalue weighted by Gasteiger charge is 2.40. The number of carbonyl (C=O) groups is 1. The van der Waals surface area contributed by atoms with Crippen molar-refractivity contribution in [2.24, 2.45) is 5.92 Å². The summed E-state index contributed by atoms with van der Waals surface area (Å²) in [6.07, 6.45) is 10.5. The Morgan fingerprint density at radius 3 is 2.74 bits per heavy atom. The highest BCUT2D eigenvalue weighted by Crippen LogP contribution is 2.39. The molecule has 2 saturated heterocycles. The number of amides is 1. The molecule has 248 valence electrons. The fraction of sp³-hybridized carbons (Fsp3) is 0.571. The predicted molar refractivity (Wildman–Crippen MR) is 179 cm³/mol. The third-order valence-corrected chi connectivity index (χ3v) is 10.3. The molecule has 1 amide bonds. The van der Waals surface area contributed by atoms with Crippen LogP contribution in [0, 0.1) is 11.7 Å². The zero-order valence-electron chi connectivity index (χ0n) is 26.8. The van der Waals surface area contributed by atoms with E-state index in [4.69, 9.17) is 26.4 Å². The summed E-state index contributed by atoms with van der Waals surface area (Å²) < 4.78 is 21.9. The number of nitrogens with zero attached hydrogens (tertiary/aromatic N) is 2. The number of carbonyl (C=O) groups excluding carboxylic acids is 1. The lowest BCUT2D eigenvalue weighted by Gasteiger charge is -2.37. The number of piperidine rings is 2. The van der Waals surface area contributed by atoms with Crippen molar-refractivity contribution < 1.29 is 13.9 Å². The smallest absolute Gasteiger partial charge is 0.254 e. The van der Waals surface area contributed by atoms with Gasteiger partial charge in [0.25, 0.3) is 5.91 Å². The van der Waals surface area contributed by atoms with Gasteiger partial charge in [0.05, 0.1) is 28.9 Å². The molecule has 6 rings (SSSR count). The van der Waals surface area contributed by atoms with Crippen LogP contribution >= 0.6 is 11.6 Å². The number of nitrogens with one attached hydrogen (secondary N) is 5. The summed E-state index contributed by atoms with van der Waals surface area (Å²) >= 11 is 6.33.